The molecule has 0 aliphatic carbocycles. The Labute approximate surface area is 193 Å². The van der Waals surface area contributed by atoms with Gasteiger partial charge in [-0.1, -0.05) is 39.8 Å². The van der Waals surface area contributed by atoms with Crippen LogP contribution in [0.3, 0.4) is 0 Å². The van der Waals surface area contributed by atoms with Crippen molar-refractivity contribution in [1.29, 1.82) is 0 Å². The fraction of sp³-hybridized carbons (Fsp3) is 0.150. The van der Waals surface area contributed by atoms with Gasteiger partial charge in [-0.05, 0) is 46.3 Å². The van der Waals surface area contributed by atoms with Crippen molar-refractivity contribution in [2.24, 2.45) is 7.05 Å². The minimum Gasteiger partial charge on any atom is -0.493 e. The summed E-state index contributed by atoms with van der Waals surface area (Å²) >= 11 is 8.13. The third kappa shape index (κ3) is 4.26. The molecule has 0 saturated carbocycles. The third-order valence-electron chi connectivity index (χ3n) is 4.32. The van der Waals surface area contributed by atoms with Gasteiger partial charge in [0.2, 0.25) is 5.91 Å². The van der Waals surface area contributed by atoms with Gasteiger partial charge in [0, 0.05) is 21.4 Å². The van der Waals surface area contributed by atoms with Gasteiger partial charge >= 0.3 is 0 Å². The van der Waals surface area contributed by atoms with Crippen LogP contribution in [-0.2, 0) is 11.8 Å². The highest BCUT2D eigenvalue weighted by Crippen LogP contribution is 2.33. The lowest BCUT2D eigenvalue weighted by Gasteiger charge is -2.07. The van der Waals surface area contributed by atoms with Crippen molar-refractivity contribution < 1.29 is 13.9 Å². The van der Waals surface area contributed by atoms with E-state index in [4.69, 9.17) is 9.15 Å². The van der Waals surface area contributed by atoms with Gasteiger partial charge in [0.25, 0.3) is 0 Å². The maximum absolute atomic E-state index is 12.4. The summed E-state index contributed by atoms with van der Waals surface area (Å²) in [5.74, 6) is 1.87. The number of fused-ring (bicyclic) bond motifs is 1. The first-order valence-corrected chi connectivity index (χ1v) is 11.4. The standard InChI is InChI=1S/C20H16Br2N4O3S/c1-26-19(16-8-11-4-3-5-15(28-2)18(11)29-16)24-25-20(26)30-10-17(27)23-14-9-12(21)6-7-13(14)22/h3-9H,10H2,1-2H3,(H,23,27). The van der Waals surface area contributed by atoms with Gasteiger partial charge in [-0.15, -0.1) is 10.2 Å². The molecule has 1 amide bonds. The van der Waals surface area contributed by atoms with Gasteiger partial charge in [0.05, 0.1) is 18.6 Å². The van der Waals surface area contributed by atoms with E-state index in [9.17, 15) is 4.79 Å². The number of halogens is 2. The number of hydrogen-bond acceptors (Lipinski definition) is 6. The molecule has 0 radical (unpaired) electrons. The number of carbonyl (C=O) groups excluding carboxylic acids is 1. The molecule has 1 N–H and O–H groups in total. The van der Waals surface area contributed by atoms with Crippen LogP contribution in [-0.4, -0.2) is 33.5 Å². The Morgan fingerprint density at radius 2 is 2.07 bits per heavy atom. The molecule has 0 bridgehead atoms. The molecule has 10 heteroatoms. The molecule has 4 aromatic rings. The third-order valence-corrected chi connectivity index (χ3v) is 6.52. The number of furan rings is 1. The zero-order valence-corrected chi connectivity index (χ0v) is 20.0. The first-order chi connectivity index (χ1) is 14.5. The van der Waals surface area contributed by atoms with Gasteiger partial charge in [-0.2, -0.15) is 0 Å². The van der Waals surface area contributed by atoms with Gasteiger partial charge in [-0.25, -0.2) is 0 Å². The monoisotopic (exact) mass is 550 g/mol. The largest absolute Gasteiger partial charge is 0.493 e. The second-order valence-electron chi connectivity index (χ2n) is 6.32. The number of rotatable bonds is 6. The lowest BCUT2D eigenvalue weighted by Crippen LogP contribution is -2.14. The molecule has 7 nitrogen and oxygen atoms in total. The van der Waals surface area contributed by atoms with Gasteiger partial charge in [-0.3, -0.25) is 4.79 Å². The highest BCUT2D eigenvalue weighted by molar-refractivity contribution is 9.11. The Hall–Kier alpha value is -2.30. The Balaban J connectivity index is 1.48. The Kier molecular flexibility index (Phi) is 6.16. The summed E-state index contributed by atoms with van der Waals surface area (Å²) in [5.41, 5.74) is 1.36. The van der Waals surface area contributed by atoms with Crippen molar-refractivity contribution in [3.8, 4) is 17.3 Å². The van der Waals surface area contributed by atoms with E-state index >= 15 is 0 Å². The second-order valence-corrected chi connectivity index (χ2v) is 9.03. The normalized spacial score (nSPS) is 11.1. The summed E-state index contributed by atoms with van der Waals surface area (Å²) in [7, 11) is 3.44. The maximum Gasteiger partial charge on any atom is 0.234 e. The highest BCUT2D eigenvalue weighted by Gasteiger charge is 2.18. The van der Waals surface area contributed by atoms with Crippen LogP contribution in [0.4, 0.5) is 5.69 Å². The summed E-state index contributed by atoms with van der Waals surface area (Å²) in [6.45, 7) is 0. The summed E-state index contributed by atoms with van der Waals surface area (Å²) in [4.78, 5) is 12.4. The molecule has 2 aromatic carbocycles. The summed E-state index contributed by atoms with van der Waals surface area (Å²) in [6, 6.07) is 13.2. The van der Waals surface area contributed by atoms with E-state index in [0.29, 0.717) is 33.8 Å². The van der Waals surface area contributed by atoms with Crippen molar-refractivity contribution in [3.05, 3.63) is 51.4 Å². The fourth-order valence-corrected chi connectivity index (χ4v) is 4.29. The van der Waals surface area contributed by atoms with Crippen LogP contribution in [0, 0.1) is 0 Å². The van der Waals surface area contributed by atoms with Gasteiger partial charge < -0.3 is 19.0 Å². The SMILES string of the molecule is COc1cccc2cc(-c3nnc(SCC(=O)Nc4cc(Br)ccc4Br)n3C)oc12. The summed E-state index contributed by atoms with van der Waals surface area (Å²) < 4.78 is 14.8. The second kappa shape index (κ2) is 8.83. The molecule has 2 aromatic heterocycles. The van der Waals surface area contributed by atoms with E-state index in [-0.39, 0.29) is 11.7 Å². The van der Waals surface area contributed by atoms with E-state index in [1.165, 1.54) is 11.8 Å². The van der Waals surface area contributed by atoms with Crippen molar-refractivity contribution in [2.75, 3.05) is 18.2 Å². The molecule has 0 unspecified atom stereocenters. The van der Waals surface area contributed by atoms with E-state index in [2.05, 4.69) is 47.4 Å². The number of para-hydroxylation sites is 1. The van der Waals surface area contributed by atoms with E-state index in [1.54, 1.807) is 11.7 Å². The zero-order valence-electron chi connectivity index (χ0n) is 16.0. The number of thioether (sulfide) groups is 1. The predicted octanol–water partition coefficient (Wildman–Crippen LogP) is 5.49. The molecule has 0 spiro atoms. The lowest BCUT2D eigenvalue weighted by molar-refractivity contribution is -0.113. The van der Waals surface area contributed by atoms with Crippen LogP contribution in [0.15, 0.2) is 61.0 Å². The molecule has 2 heterocycles. The predicted molar refractivity (Wildman–Crippen MR) is 124 cm³/mol. The minimum atomic E-state index is -0.142. The number of ether oxygens (including phenoxy) is 1. The molecular weight excluding hydrogens is 536 g/mol. The number of nitrogens with zero attached hydrogens (tertiary/aromatic N) is 3. The Morgan fingerprint density at radius 1 is 1.23 bits per heavy atom. The highest BCUT2D eigenvalue weighted by atomic mass is 79.9. The fourth-order valence-electron chi connectivity index (χ4n) is 2.87. The zero-order chi connectivity index (χ0) is 21.3. The van der Waals surface area contributed by atoms with Crippen molar-refractivity contribution in [2.45, 2.75) is 5.16 Å². The van der Waals surface area contributed by atoms with Crippen molar-refractivity contribution in [1.82, 2.24) is 14.8 Å². The average Bonchev–Trinajstić information content (AvgIpc) is 3.32. The molecule has 0 saturated heterocycles. The number of amides is 1. The van der Waals surface area contributed by atoms with Crippen LogP contribution in [0.25, 0.3) is 22.6 Å². The summed E-state index contributed by atoms with van der Waals surface area (Å²) in [5, 5.41) is 12.9. The maximum atomic E-state index is 12.4. The first kappa shape index (κ1) is 21.0. The molecule has 0 aliphatic rings. The number of nitrogens with one attached hydrogen (secondary N) is 1. The van der Waals surface area contributed by atoms with Crippen LogP contribution in [0.5, 0.6) is 5.75 Å². The number of anilines is 1. The lowest BCUT2D eigenvalue weighted by atomic mass is 10.2. The van der Waals surface area contributed by atoms with Crippen molar-refractivity contribution >= 4 is 66.2 Å². The van der Waals surface area contributed by atoms with Crippen LogP contribution >= 0.6 is 43.6 Å². The molecule has 30 heavy (non-hydrogen) atoms. The molecule has 0 aliphatic heterocycles. The Morgan fingerprint density at radius 3 is 2.87 bits per heavy atom. The van der Waals surface area contributed by atoms with Crippen LogP contribution in [0.1, 0.15) is 0 Å². The van der Waals surface area contributed by atoms with Crippen molar-refractivity contribution in [3.63, 3.8) is 0 Å². The molecule has 4 rings (SSSR count). The average molecular weight is 552 g/mol. The quantitative estimate of drug-likeness (QED) is 0.319. The molecule has 154 valence electrons. The summed E-state index contributed by atoms with van der Waals surface area (Å²) in [6.07, 6.45) is 0. The van der Waals surface area contributed by atoms with E-state index in [0.717, 1.165) is 14.3 Å². The smallest absolute Gasteiger partial charge is 0.234 e. The number of aromatic nitrogens is 3. The van der Waals surface area contributed by atoms with Gasteiger partial charge in [0.1, 0.15) is 0 Å². The number of benzene rings is 2. The number of hydrogen-bond donors (Lipinski definition) is 1. The molecule has 0 atom stereocenters. The van der Waals surface area contributed by atoms with Gasteiger partial charge in [0.15, 0.2) is 28.1 Å². The topological polar surface area (TPSA) is 82.2 Å². The van der Waals surface area contributed by atoms with E-state index in [1.807, 2.05) is 49.5 Å². The minimum absolute atomic E-state index is 0.142. The first-order valence-electron chi connectivity index (χ1n) is 8.80. The van der Waals surface area contributed by atoms with Crippen LogP contribution in [0.2, 0.25) is 0 Å². The van der Waals surface area contributed by atoms with Crippen LogP contribution < -0.4 is 10.1 Å². The molecule has 0 fully saturated rings. The Bertz CT molecular complexity index is 1240. The number of carbonyl (C=O) groups is 1. The molecular formula is C20H16Br2N4O3S. The number of methoxy groups -OCH3 is 1. The van der Waals surface area contributed by atoms with E-state index < -0.39 is 0 Å².